The Hall–Kier alpha value is -4.38. The van der Waals surface area contributed by atoms with Gasteiger partial charge in [0.25, 0.3) is 11.5 Å². The molecule has 1 atom stereocenters. The number of carbonyl (C=O) groups is 1. The second-order valence-corrected chi connectivity index (χ2v) is 8.29. The summed E-state index contributed by atoms with van der Waals surface area (Å²) >= 11 is 0. The van der Waals surface area contributed by atoms with E-state index < -0.39 is 17.5 Å². The molecule has 11 heteroatoms. The zero-order chi connectivity index (χ0) is 25.2. The number of ether oxygens (including phenoxy) is 1. The fourth-order valence-electron chi connectivity index (χ4n) is 4.23. The van der Waals surface area contributed by atoms with Crippen LogP contribution in [0.25, 0.3) is 11.0 Å². The molecule has 36 heavy (non-hydrogen) atoms. The molecule has 2 aromatic heterocycles. The maximum absolute atomic E-state index is 13.6. The summed E-state index contributed by atoms with van der Waals surface area (Å²) in [4.78, 5) is 30.7. The lowest BCUT2D eigenvalue weighted by Crippen LogP contribution is -2.34. The predicted octanol–water partition coefficient (Wildman–Crippen LogP) is 2.11. The van der Waals surface area contributed by atoms with Gasteiger partial charge in [0.15, 0.2) is 5.65 Å². The molecular weight excluding hydrogens is 467 g/mol. The Balaban J connectivity index is 1.46. The van der Waals surface area contributed by atoms with Gasteiger partial charge in [-0.15, -0.1) is 0 Å². The molecule has 1 N–H and O–H groups in total. The Bertz CT molecular complexity index is 1490. The van der Waals surface area contributed by atoms with Crippen molar-refractivity contribution in [1.29, 1.82) is 0 Å². The molecule has 10 nitrogen and oxygen atoms in total. The van der Waals surface area contributed by atoms with Crippen molar-refractivity contribution < 1.29 is 19.0 Å². The van der Waals surface area contributed by atoms with Gasteiger partial charge in [-0.3, -0.25) is 14.2 Å². The lowest BCUT2D eigenvalue weighted by Gasteiger charge is -2.22. The molecule has 5 rings (SSSR count). The average Bonchev–Trinajstić information content (AvgIpc) is 3.52. The van der Waals surface area contributed by atoms with E-state index in [1.165, 1.54) is 38.9 Å². The molecule has 0 saturated carbocycles. The molecule has 0 saturated heterocycles. The number of hydrazone groups is 1. The lowest BCUT2D eigenvalue weighted by atomic mass is 9.98. The van der Waals surface area contributed by atoms with Crippen LogP contribution >= 0.6 is 0 Å². The molecule has 184 valence electrons. The smallest absolute Gasteiger partial charge is 0.264 e. The number of fused-ring (bicyclic) bond motifs is 1. The monoisotopic (exact) mass is 490 g/mol. The van der Waals surface area contributed by atoms with E-state index in [4.69, 9.17) is 9.84 Å². The van der Waals surface area contributed by atoms with Crippen LogP contribution in [0.15, 0.2) is 71.0 Å². The van der Waals surface area contributed by atoms with E-state index in [0.29, 0.717) is 23.5 Å². The normalized spacial score (nSPS) is 15.4. The molecule has 0 aliphatic carbocycles. The summed E-state index contributed by atoms with van der Waals surface area (Å²) < 4.78 is 21.4. The third-order valence-corrected chi connectivity index (χ3v) is 6.08. The van der Waals surface area contributed by atoms with Crippen molar-refractivity contribution in [1.82, 2.24) is 24.3 Å². The number of hydrogen-bond donors (Lipinski definition) is 1. The maximum Gasteiger partial charge on any atom is 0.264 e. The molecule has 3 heterocycles. The Kier molecular flexibility index (Phi) is 6.30. The largest absolute Gasteiger partial charge is 0.497 e. The summed E-state index contributed by atoms with van der Waals surface area (Å²) in [6, 6.07) is 12.8. The molecule has 0 bridgehead atoms. The molecule has 1 aliphatic rings. The minimum atomic E-state index is -0.463. The zero-order valence-electron chi connectivity index (χ0n) is 19.4. The summed E-state index contributed by atoms with van der Waals surface area (Å²) in [6.07, 6.45) is 3.08. The maximum atomic E-state index is 13.6. The van der Waals surface area contributed by atoms with Crippen LogP contribution in [0.1, 0.15) is 23.6 Å². The molecule has 0 unspecified atom stereocenters. The highest BCUT2D eigenvalue weighted by atomic mass is 19.1. The third kappa shape index (κ3) is 4.36. The first kappa shape index (κ1) is 23.4. The van der Waals surface area contributed by atoms with Gasteiger partial charge in [0.1, 0.15) is 29.8 Å². The fourth-order valence-corrected chi connectivity index (χ4v) is 4.23. The molecule has 0 fully saturated rings. The number of amides is 1. The number of halogens is 1. The number of methoxy groups -OCH3 is 1. The zero-order valence-corrected chi connectivity index (χ0v) is 19.4. The summed E-state index contributed by atoms with van der Waals surface area (Å²) in [6.45, 7) is -0.229. The number of nitrogens with zero attached hydrogens (tertiary/aromatic N) is 6. The topological polar surface area (TPSA) is 115 Å². The number of aliphatic hydroxyl groups excluding tert-OH is 1. The number of aliphatic hydroxyl groups is 1. The molecule has 0 spiro atoms. The lowest BCUT2D eigenvalue weighted by molar-refractivity contribution is -0.133. The number of benzene rings is 2. The van der Waals surface area contributed by atoms with E-state index in [9.17, 15) is 14.0 Å². The quantitative estimate of drug-likeness (QED) is 0.424. The Labute approximate surface area is 204 Å². The van der Waals surface area contributed by atoms with Crippen molar-refractivity contribution in [3.05, 3.63) is 88.4 Å². The Morgan fingerprint density at radius 3 is 2.61 bits per heavy atom. The molecule has 2 aromatic carbocycles. The van der Waals surface area contributed by atoms with Gasteiger partial charge in [0.2, 0.25) is 0 Å². The van der Waals surface area contributed by atoms with Crippen LogP contribution in [0.4, 0.5) is 4.39 Å². The average molecular weight is 490 g/mol. The van der Waals surface area contributed by atoms with Crippen molar-refractivity contribution in [3.8, 4) is 5.75 Å². The second kappa shape index (κ2) is 9.70. The van der Waals surface area contributed by atoms with E-state index >= 15 is 0 Å². The van der Waals surface area contributed by atoms with E-state index in [2.05, 4.69) is 15.2 Å². The van der Waals surface area contributed by atoms with Gasteiger partial charge < -0.3 is 9.84 Å². The molecule has 0 radical (unpaired) electrons. The van der Waals surface area contributed by atoms with Gasteiger partial charge in [-0.2, -0.15) is 10.2 Å². The van der Waals surface area contributed by atoms with Gasteiger partial charge in [-0.1, -0.05) is 12.1 Å². The van der Waals surface area contributed by atoms with Crippen molar-refractivity contribution >= 4 is 22.7 Å². The highest BCUT2D eigenvalue weighted by molar-refractivity contribution is 6.03. The van der Waals surface area contributed by atoms with Crippen LogP contribution in [-0.2, 0) is 17.9 Å². The van der Waals surface area contributed by atoms with Crippen LogP contribution in [-0.4, -0.2) is 54.8 Å². The van der Waals surface area contributed by atoms with Crippen molar-refractivity contribution in [2.75, 3.05) is 13.7 Å². The molecular formula is C25H23FN6O4. The fraction of sp³-hybridized carbons (Fsp3) is 0.240. The second-order valence-electron chi connectivity index (χ2n) is 8.29. The van der Waals surface area contributed by atoms with Crippen LogP contribution in [0.5, 0.6) is 5.75 Å². The minimum Gasteiger partial charge on any atom is -0.497 e. The van der Waals surface area contributed by atoms with Crippen LogP contribution in [0, 0.1) is 5.82 Å². The first-order valence-electron chi connectivity index (χ1n) is 11.3. The summed E-state index contributed by atoms with van der Waals surface area (Å²) in [5.41, 5.74) is 2.15. The van der Waals surface area contributed by atoms with Gasteiger partial charge >= 0.3 is 0 Å². The van der Waals surface area contributed by atoms with Gasteiger partial charge in [0, 0.05) is 6.42 Å². The number of rotatable bonds is 7. The standard InChI is InChI=1S/C25H23FN6O4/c1-36-19-8-4-16(5-9-19)21-12-22(17-2-6-18(26)7-3-17)32(29-21)23(34)14-30-15-27-24-20(25(30)35)13-28-31(24)10-11-33/h2-9,13,15,22,33H,10-12,14H2,1H3/t22-/m0/s1. The minimum absolute atomic E-state index is 0.145. The SMILES string of the molecule is COc1ccc(C2=NN(C(=O)Cn3cnc4c(cnn4CCO)c3=O)[C@H](c3ccc(F)cc3)C2)cc1. The van der Waals surface area contributed by atoms with E-state index in [1.54, 1.807) is 19.2 Å². The number of aromatic nitrogens is 4. The van der Waals surface area contributed by atoms with E-state index in [1.807, 2.05) is 24.3 Å². The van der Waals surface area contributed by atoms with E-state index in [0.717, 1.165) is 11.1 Å². The van der Waals surface area contributed by atoms with Crippen LogP contribution < -0.4 is 10.3 Å². The Morgan fingerprint density at radius 2 is 1.92 bits per heavy atom. The number of hydrogen-bond acceptors (Lipinski definition) is 7. The van der Waals surface area contributed by atoms with Crippen molar-refractivity contribution in [2.45, 2.75) is 25.6 Å². The van der Waals surface area contributed by atoms with Crippen molar-refractivity contribution in [3.63, 3.8) is 0 Å². The molecule has 4 aromatic rings. The summed E-state index contributed by atoms with van der Waals surface area (Å²) in [5, 5.41) is 19.4. The highest BCUT2D eigenvalue weighted by Gasteiger charge is 2.33. The first-order valence-corrected chi connectivity index (χ1v) is 11.3. The highest BCUT2D eigenvalue weighted by Crippen LogP contribution is 2.33. The third-order valence-electron chi connectivity index (χ3n) is 6.08. The molecule has 1 aliphatic heterocycles. The predicted molar refractivity (Wildman–Crippen MR) is 129 cm³/mol. The van der Waals surface area contributed by atoms with Crippen molar-refractivity contribution in [2.24, 2.45) is 5.10 Å². The number of carbonyl (C=O) groups excluding carboxylic acids is 1. The summed E-state index contributed by atoms with van der Waals surface area (Å²) in [5.74, 6) is -0.0950. The van der Waals surface area contributed by atoms with Gasteiger partial charge in [-0.25, -0.2) is 19.1 Å². The van der Waals surface area contributed by atoms with E-state index in [-0.39, 0.29) is 30.9 Å². The van der Waals surface area contributed by atoms with Gasteiger partial charge in [-0.05, 0) is 47.5 Å². The van der Waals surface area contributed by atoms with Crippen LogP contribution in [0.3, 0.4) is 0 Å². The summed E-state index contributed by atoms with van der Waals surface area (Å²) in [7, 11) is 1.58. The molecule has 1 amide bonds. The van der Waals surface area contributed by atoms with Crippen LogP contribution in [0.2, 0.25) is 0 Å². The van der Waals surface area contributed by atoms with Gasteiger partial charge in [0.05, 0.1) is 38.2 Å². The first-order chi connectivity index (χ1) is 17.5. The Morgan fingerprint density at radius 1 is 1.17 bits per heavy atom.